The van der Waals surface area contributed by atoms with E-state index in [2.05, 4.69) is 5.32 Å². The summed E-state index contributed by atoms with van der Waals surface area (Å²) in [6.45, 7) is 0. The highest BCUT2D eigenvalue weighted by Gasteiger charge is 2.21. The average Bonchev–Trinajstić information content (AvgIpc) is 2.56. The number of hydrogen-bond donors (Lipinski definition) is 4. The molecule has 2 aromatic carbocycles. The molecule has 2 rings (SSSR count). The summed E-state index contributed by atoms with van der Waals surface area (Å²) in [6.07, 6.45) is 0.0346. The first-order chi connectivity index (χ1) is 11.4. The fraction of sp³-hybridized carbons (Fsp3) is 0.118. The van der Waals surface area contributed by atoms with E-state index in [0.717, 1.165) is 0 Å². The van der Waals surface area contributed by atoms with E-state index in [0.29, 0.717) is 11.1 Å². The van der Waals surface area contributed by atoms with Crippen LogP contribution in [0.2, 0.25) is 0 Å². The lowest BCUT2D eigenvalue weighted by atomic mass is 10.0. The van der Waals surface area contributed by atoms with Crippen molar-refractivity contribution < 1.29 is 19.1 Å². The molecular formula is C17H16FN3O3. The van der Waals surface area contributed by atoms with Crippen LogP contribution in [0.15, 0.2) is 48.5 Å². The van der Waals surface area contributed by atoms with Crippen LogP contribution in [0.25, 0.3) is 0 Å². The van der Waals surface area contributed by atoms with Gasteiger partial charge in [0.25, 0.3) is 5.91 Å². The van der Waals surface area contributed by atoms with E-state index in [1.807, 2.05) is 0 Å². The summed E-state index contributed by atoms with van der Waals surface area (Å²) in [5, 5.41) is 19.0. The van der Waals surface area contributed by atoms with Gasteiger partial charge in [0.1, 0.15) is 17.7 Å². The molecule has 0 heterocycles. The van der Waals surface area contributed by atoms with Crippen molar-refractivity contribution in [2.75, 3.05) is 0 Å². The summed E-state index contributed by atoms with van der Waals surface area (Å²) >= 11 is 0. The van der Waals surface area contributed by atoms with Crippen LogP contribution in [0.5, 0.6) is 0 Å². The Morgan fingerprint density at radius 3 is 2.12 bits per heavy atom. The van der Waals surface area contributed by atoms with E-state index in [4.69, 9.17) is 11.1 Å². The second-order valence-electron chi connectivity index (χ2n) is 5.19. The molecule has 6 nitrogen and oxygen atoms in total. The minimum absolute atomic E-state index is 0.0346. The van der Waals surface area contributed by atoms with Crippen molar-refractivity contribution in [2.24, 2.45) is 5.73 Å². The van der Waals surface area contributed by atoms with Gasteiger partial charge in [0.15, 0.2) is 0 Å². The van der Waals surface area contributed by atoms with E-state index in [-0.39, 0.29) is 17.8 Å². The number of aliphatic carboxylic acids is 1. The first-order valence-corrected chi connectivity index (χ1v) is 7.09. The van der Waals surface area contributed by atoms with Crippen molar-refractivity contribution in [3.8, 4) is 0 Å². The Balaban J connectivity index is 2.09. The van der Waals surface area contributed by atoms with Crippen LogP contribution in [0.1, 0.15) is 21.5 Å². The number of halogens is 1. The van der Waals surface area contributed by atoms with Gasteiger partial charge in [-0.15, -0.1) is 0 Å². The smallest absolute Gasteiger partial charge is 0.326 e. The van der Waals surface area contributed by atoms with Crippen molar-refractivity contribution in [3.05, 3.63) is 71.0 Å². The van der Waals surface area contributed by atoms with Gasteiger partial charge in [-0.3, -0.25) is 10.2 Å². The van der Waals surface area contributed by atoms with Crippen molar-refractivity contribution in [3.63, 3.8) is 0 Å². The van der Waals surface area contributed by atoms with Gasteiger partial charge in [-0.2, -0.15) is 0 Å². The number of nitrogen functional groups attached to an aromatic ring is 1. The fourth-order valence-electron chi connectivity index (χ4n) is 2.10. The maximum absolute atomic E-state index is 12.9. The predicted molar refractivity (Wildman–Crippen MR) is 86.5 cm³/mol. The molecule has 0 bridgehead atoms. The topological polar surface area (TPSA) is 116 Å². The lowest BCUT2D eigenvalue weighted by Gasteiger charge is -2.15. The molecule has 2 aromatic rings. The van der Waals surface area contributed by atoms with Crippen LogP contribution < -0.4 is 11.1 Å². The number of rotatable bonds is 6. The van der Waals surface area contributed by atoms with Crippen LogP contribution in [0, 0.1) is 11.2 Å². The van der Waals surface area contributed by atoms with Crippen molar-refractivity contribution in [2.45, 2.75) is 12.5 Å². The van der Waals surface area contributed by atoms with Gasteiger partial charge in [-0.05, 0) is 29.8 Å². The van der Waals surface area contributed by atoms with Gasteiger partial charge < -0.3 is 16.2 Å². The summed E-state index contributed by atoms with van der Waals surface area (Å²) in [5.41, 5.74) is 6.65. The first-order valence-electron chi connectivity index (χ1n) is 7.09. The zero-order chi connectivity index (χ0) is 17.7. The molecule has 7 heteroatoms. The normalized spacial score (nSPS) is 11.5. The number of amides is 1. The number of carboxylic acids is 1. The van der Waals surface area contributed by atoms with Gasteiger partial charge in [0.2, 0.25) is 0 Å². The lowest BCUT2D eigenvalue weighted by molar-refractivity contribution is -0.139. The van der Waals surface area contributed by atoms with Gasteiger partial charge in [0.05, 0.1) is 0 Å². The Morgan fingerprint density at radius 1 is 1.08 bits per heavy atom. The average molecular weight is 329 g/mol. The highest BCUT2D eigenvalue weighted by Crippen LogP contribution is 2.08. The molecule has 1 amide bonds. The van der Waals surface area contributed by atoms with Crippen molar-refractivity contribution in [1.82, 2.24) is 5.32 Å². The minimum Gasteiger partial charge on any atom is -0.480 e. The summed E-state index contributed by atoms with van der Waals surface area (Å²) in [4.78, 5) is 23.5. The Bertz CT molecular complexity index is 758. The van der Waals surface area contributed by atoms with E-state index < -0.39 is 23.7 Å². The minimum atomic E-state index is -1.19. The van der Waals surface area contributed by atoms with Gasteiger partial charge in [-0.25, -0.2) is 9.18 Å². The zero-order valence-electron chi connectivity index (χ0n) is 12.6. The molecular weight excluding hydrogens is 313 g/mol. The summed E-state index contributed by atoms with van der Waals surface area (Å²) in [6, 6.07) is 10.2. The summed E-state index contributed by atoms with van der Waals surface area (Å²) in [7, 11) is 0. The van der Waals surface area contributed by atoms with Crippen molar-refractivity contribution in [1.29, 1.82) is 5.41 Å². The number of nitrogens with two attached hydrogens (primary N) is 1. The Kier molecular flexibility index (Phi) is 5.26. The van der Waals surface area contributed by atoms with Crippen LogP contribution in [-0.4, -0.2) is 28.9 Å². The maximum atomic E-state index is 12.9. The molecule has 0 aliphatic carbocycles. The second-order valence-corrected chi connectivity index (χ2v) is 5.19. The highest BCUT2D eigenvalue weighted by molar-refractivity contribution is 5.99. The van der Waals surface area contributed by atoms with Gasteiger partial charge in [0, 0.05) is 17.5 Å². The molecule has 0 saturated heterocycles. The number of amidine groups is 1. The Hall–Kier alpha value is -3.22. The maximum Gasteiger partial charge on any atom is 0.326 e. The SMILES string of the molecule is N=C(N)c1ccc(C(=O)N[C@H](Cc2ccc(F)cc2)C(=O)O)cc1. The van der Waals surface area contributed by atoms with E-state index >= 15 is 0 Å². The van der Waals surface area contributed by atoms with E-state index in [1.165, 1.54) is 48.5 Å². The molecule has 0 fully saturated rings. The third-order valence-electron chi connectivity index (χ3n) is 3.41. The van der Waals surface area contributed by atoms with E-state index in [1.54, 1.807) is 0 Å². The number of hydrogen-bond acceptors (Lipinski definition) is 3. The fourth-order valence-corrected chi connectivity index (χ4v) is 2.10. The number of nitrogens with one attached hydrogen (secondary N) is 2. The molecule has 0 aromatic heterocycles. The van der Waals surface area contributed by atoms with Crippen LogP contribution in [0.4, 0.5) is 4.39 Å². The Morgan fingerprint density at radius 2 is 1.62 bits per heavy atom. The predicted octanol–water partition coefficient (Wildman–Crippen LogP) is 1.54. The molecule has 0 aliphatic rings. The number of carbonyl (C=O) groups excluding carboxylic acids is 1. The van der Waals surface area contributed by atoms with Crippen LogP contribution in [0.3, 0.4) is 0 Å². The second kappa shape index (κ2) is 7.36. The van der Waals surface area contributed by atoms with Crippen molar-refractivity contribution >= 4 is 17.7 Å². The van der Waals surface area contributed by atoms with Gasteiger partial charge in [-0.1, -0.05) is 24.3 Å². The molecule has 1 atom stereocenters. The third kappa shape index (κ3) is 4.39. The molecule has 0 unspecified atom stereocenters. The van der Waals surface area contributed by atoms with Crippen LogP contribution >= 0.6 is 0 Å². The molecule has 0 aliphatic heterocycles. The lowest BCUT2D eigenvalue weighted by Crippen LogP contribution is -2.42. The quantitative estimate of drug-likeness (QED) is 0.475. The molecule has 0 saturated carbocycles. The number of carboxylic acid groups (broad SMARTS) is 1. The largest absolute Gasteiger partial charge is 0.480 e. The third-order valence-corrected chi connectivity index (χ3v) is 3.41. The molecule has 0 spiro atoms. The number of benzene rings is 2. The first kappa shape index (κ1) is 17.1. The molecule has 5 N–H and O–H groups in total. The Labute approximate surface area is 137 Å². The standard InChI is InChI=1S/C17H16FN3O3/c18-13-7-1-10(2-8-13)9-14(17(23)24)21-16(22)12-5-3-11(4-6-12)15(19)20/h1-8,14H,9H2,(H3,19,20)(H,21,22)(H,23,24)/t14-/m1/s1. The number of carbonyl (C=O) groups is 2. The monoisotopic (exact) mass is 329 g/mol. The molecule has 24 heavy (non-hydrogen) atoms. The summed E-state index contributed by atoms with van der Waals surface area (Å²) in [5.74, 6) is -2.28. The highest BCUT2D eigenvalue weighted by atomic mass is 19.1. The zero-order valence-corrected chi connectivity index (χ0v) is 12.6. The van der Waals surface area contributed by atoms with E-state index in [9.17, 15) is 19.1 Å². The van der Waals surface area contributed by atoms with Gasteiger partial charge >= 0.3 is 5.97 Å². The van der Waals surface area contributed by atoms with Crippen LogP contribution in [-0.2, 0) is 11.2 Å². The summed E-state index contributed by atoms with van der Waals surface area (Å²) < 4.78 is 12.9. The molecule has 124 valence electrons. The molecule has 0 radical (unpaired) electrons.